The maximum atomic E-state index is 10.6. The number of rotatable bonds is 4. The van der Waals surface area contributed by atoms with Crippen molar-refractivity contribution in [1.29, 1.82) is 0 Å². The smallest absolute Gasteiger partial charge is 0.123 e. The molecule has 0 aliphatic rings. The highest BCUT2D eigenvalue weighted by molar-refractivity contribution is 5.49. The summed E-state index contributed by atoms with van der Waals surface area (Å²) in [4.78, 5) is 0. The third-order valence-electron chi connectivity index (χ3n) is 3.66. The Balaban J connectivity index is 3.31. The second-order valence-electron chi connectivity index (χ2n) is 7.72. The van der Waals surface area contributed by atoms with Crippen LogP contribution in [0.2, 0.25) is 0 Å². The summed E-state index contributed by atoms with van der Waals surface area (Å²) in [5, 5.41) is 10.6. The Morgan fingerprint density at radius 3 is 1.80 bits per heavy atom. The topological polar surface area (TPSA) is 20.2 Å². The van der Waals surface area contributed by atoms with Crippen molar-refractivity contribution in [3.8, 4) is 5.75 Å². The Labute approximate surface area is 124 Å². The van der Waals surface area contributed by atoms with Gasteiger partial charge in [0.15, 0.2) is 0 Å². The Morgan fingerprint density at radius 2 is 1.45 bits per heavy atom. The zero-order chi connectivity index (χ0) is 15.6. The standard InChI is InChI=1S/C19H30O/c1-8-9-10-11-14-12-15(18(2,3)4)17(20)16(13-14)19(5,6)7/h8,12-13,20H,1,9-11H2,2-7H3. The molecule has 0 aromatic heterocycles. The maximum absolute atomic E-state index is 10.6. The molecule has 0 aliphatic carbocycles. The van der Waals surface area contributed by atoms with Gasteiger partial charge in [-0.2, -0.15) is 0 Å². The Bertz CT molecular complexity index is 435. The molecule has 0 radical (unpaired) electrons. The van der Waals surface area contributed by atoms with E-state index in [1.54, 1.807) is 0 Å². The minimum absolute atomic E-state index is 0.0431. The number of phenols is 1. The molecule has 1 N–H and O–H groups in total. The van der Waals surface area contributed by atoms with Crippen LogP contribution >= 0.6 is 0 Å². The molecule has 0 heterocycles. The summed E-state index contributed by atoms with van der Waals surface area (Å²) in [6.07, 6.45) is 5.16. The van der Waals surface area contributed by atoms with Crippen LogP contribution in [0.3, 0.4) is 0 Å². The third-order valence-corrected chi connectivity index (χ3v) is 3.66. The number of phenolic OH excluding ortho intramolecular Hbond substituents is 1. The van der Waals surface area contributed by atoms with Crippen molar-refractivity contribution in [2.75, 3.05) is 0 Å². The van der Waals surface area contributed by atoms with Gasteiger partial charge in [0.25, 0.3) is 0 Å². The minimum Gasteiger partial charge on any atom is -0.507 e. The predicted molar refractivity (Wildman–Crippen MR) is 88.6 cm³/mol. The monoisotopic (exact) mass is 274 g/mol. The summed E-state index contributed by atoms with van der Waals surface area (Å²) < 4.78 is 0. The van der Waals surface area contributed by atoms with Crippen molar-refractivity contribution >= 4 is 0 Å². The van der Waals surface area contributed by atoms with E-state index in [-0.39, 0.29) is 10.8 Å². The summed E-state index contributed by atoms with van der Waals surface area (Å²) in [7, 11) is 0. The van der Waals surface area contributed by atoms with Gasteiger partial charge in [-0.15, -0.1) is 6.58 Å². The van der Waals surface area contributed by atoms with E-state index < -0.39 is 0 Å². The van der Waals surface area contributed by atoms with Crippen LogP contribution in [-0.2, 0) is 17.3 Å². The highest BCUT2D eigenvalue weighted by Gasteiger charge is 2.26. The van der Waals surface area contributed by atoms with Crippen LogP contribution in [0.4, 0.5) is 0 Å². The summed E-state index contributed by atoms with van der Waals surface area (Å²) in [6.45, 7) is 16.7. The van der Waals surface area contributed by atoms with Gasteiger partial charge in [0.1, 0.15) is 5.75 Å². The largest absolute Gasteiger partial charge is 0.507 e. The van der Waals surface area contributed by atoms with Gasteiger partial charge >= 0.3 is 0 Å². The van der Waals surface area contributed by atoms with Gasteiger partial charge in [-0.25, -0.2) is 0 Å². The van der Waals surface area contributed by atoms with E-state index in [2.05, 4.69) is 60.3 Å². The normalized spacial score (nSPS) is 12.5. The lowest BCUT2D eigenvalue weighted by Crippen LogP contribution is -2.17. The van der Waals surface area contributed by atoms with Crippen LogP contribution in [-0.4, -0.2) is 5.11 Å². The van der Waals surface area contributed by atoms with Gasteiger partial charge in [-0.1, -0.05) is 59.8 Å². The zero-order valence-electron chi connectivity index (χ0n) is 14.0. The molecular formula is C19H30O. The SMILES string of the molecule is C=CCCCc1cc(C(C)(C)C)c(O)c(C(C)(C)C)c1. The van der Waals surface area contributed by atoms with Crippen LogP contribution in [0.1, 0.15) is 71.1 Å². The summed E-state index contributed by atoms with van der Waals surface area (Å²) in [6, 6.07) is 4.35. The average Bonchev–Trinajstić information content (AvgIpc) is 2.28. The van der Waals surface area contributed by atoms with Crippen LogP contribution in [0.5, 0.6) is 5.75 Å². The maximum Gasteiger partial charge on any atom is 0.123 e. The van der Waals surface area contributed by atoms with Crippen molar-refractivity contribution < 1.29 is 5.11 Å². The Morgan fingerprint density at radius 1 is 1.00 bits per heavy atom. The van der Waals surface area contributed by atoms with Gasteiger partial charge in [0.05, 0.1) is 0 Å². The van der Waals surface area contributed by atoms with Gasteiger partial charge < -0.3 is 5.11 Å². The van der Waals surface area contributed by atoms with Crippen molar-refractivity contribution in [3.05, 3.63) is 41.5 Å². The fraction of sp³-hybridized carbons (Fsp3) is 0.579. The molecule has 0 spiro atoms. The van der Waals surface area contributed by atoms with E-state index in [0.29, 0.717) is 5.75 Å². The molecule has 112 valence electrons. The number of aromatic hydroxyl groups is 1. The molecule has 0 atom stereocenters. The molecule has 0 saturated heterocycles. The molecule has 1 heteroatoms. The lowest BCUT2D eigenvalue weighted by atomic mass is 9.78. The second-order valence-corrected chi connectivity index (χ2v) is 7.72. The molecule has 1 aromatic rings. The molecule has 20 heavy (non-hydrogen) atoms. The number of hydrogen-bond donors (Lipinski definition) is 1. The number of allylic oxidation sites excluding steroid dienone is 1. The fourth-order valence-electron chi connectivity index (χ4n) is 2.43. The Hall–Kier alpha value is -1.24. The first kappa shape index (κ1) is 16.8. The Kier molecular flexibility index (Phi) is 5.07. The van der Waals surface area contributed by atoms with Crippen molar-refractivity contribution in [2.45, 2.75) is 71.6 Å². The molecular weight excluding hydrogens is 244 g/mol. The molecule has 1 nitrogen and oxygen atoms in total. The summed E-state index contributed by atoms with van der Waals surface area (Å²) in [5.41, 5.74) is 3.34. The van der Waals surface area contributed by atoms with Crippen LogP contribution < -0.4 is 0 Å². The molecule has 0 saturated carbocycles. The third kappa shape index (κ3) is 4.13. The average molecular weight is 274 g/mol. The summed E-state index contributed by atoms with van der Waals surface area (Å²) in [5.74, 6) is 0.470. The molecule has 0 bridgehead atoms. The summed E-state index contributed by atoms with van der Waals surface area (Å²) >= 11 is 0. The van der Waals surface area contributed by atoms with Crippen LogP contribution in [0.15, 0.2) is 24.8 Å². The second kappa shape index (κ2) is 6.03. The fourth-order valence-corrected chi connectivity index (χ4v) is 2.43. The number of benzene rings is 1. The molecule has 0 aliphatic heterocycles. The quantitative estimate of drug-likeness (QED) is 0.568. The zero-order valence-corrected chi connectivity index (χ0v) is 14.0. The van der Waals surface area contributed by atoms with Crippen molar-refractivity contribution in [2.24, 2.45) is 0 Å². The van der Waals surface area contributed by atoms with Gasteiger partial charge in [0.2, 0.25) is 0 Å². The van der Waals surface area contributed by atoms with E-state index in [1.807, 2.05) is 6.08 Å². The lowest BCUT2D eigenvalue weighted by molar-refractivity contribution is 0.422. The van der Waals surface area contributed by atoms with E-state index >= 15 is 0 Å². The van der Waals surface area contributed by atoms with Crippen molar-refractivity contribution in [3.63, 3.8) is 0 Å². The highest BCUT2D eigenvalue weighted by Crippen LogP contribution is 2.39. The molecule has 0 unspecified atom stereocenters. The number of hydrogen-bond acceptors (Lipinski definition) is 1. The molecule has 0 amide bonds. The minimum atomic E-state index is -0.0431. The molecule has 1 aromatic carbocycles. The molecule has 0 fully saturated rings. The van der Waals surface area contributed by atoms with E-state index in [1.165, 1.54) is 5.56 Å². The van der Waals surface area contributed by atoms with Gasteiger partial charge in [0, 0.05) is 0 Å². The van der Waals surface area contributed by atoms with Crippen LogP contribution in [0, 0.1) is 0 Å². The molecule has 1 rings (SSSR count). The van der Waals surface area contributed by atoms with Gasteiger partial charge in [-0.05, 0) is 46.8 Å². The lowest BCUT2D eigenvalue weighted by Gasteiger charge is -2.28. The van der Waals surface area contributed by atoms with Crippen molar-refractivity contribution in [1.82, 2.24) is 0 Å². The highest BCUT2D eigenvalue weighted by atomic mass is 16.3. The predicted octanol–water partition coefficient (Wildman–Crippen LogP) is 5.50. The first-order chi connectivity index (χ1) is 9.07. The number of aryl methyl sites for hydroxylation is 1. The van der Waals surface area contributed by atoms with E-state index in [0.717, 1.165) is 30.4 Å². The van der Waals surface area contributed by atoms with E-state index in [9.17, 15) is 5.11 Å². The van der Waals surface area contributed by atoms with Crippen LogP contribution in [0.25, 0.3) is 0 Å². The van der Waals surface area contributed by atoms with E-state index in [4.69, 9.17) is 0 Å². The van der Waals surface area contributed by atoms with Gasteiger partial charge in [-0.3, -0.25) is 0 Å². The first-order valence-corrected chi connectivity index (χ1v) is 7.55. The number of unbranched alkanes of at least 4 members (excludes halogenated alkanes) is 1. The first-order valence-electron chi connectivity index (χ1n) is 7.55.